The summed E-state index contributed by atoms with van der Waals surface area (Å²) in [6.07, 6.45) is 15.8. The highest BCUT2D eigenvalue weighted by atomic mass is 14.2. The third kappa shape index (κ3) is 10.9. The van der Waals surface area contributed by atoms with E-state index < -0.39 is 0 Å². The maximum atomic E-state index is 2.41. The lowest BCUT2D eigenvalue weighted by atomic mass is 9.88. The molecule has 0 nitrogen and oxygen atoms in total. The predicted molar refractivity (Wildman–Crippen MR) is 80.5 cm³/mol. The Bertz CT molecular complexity index is 139. The zero-order valence-corrected chi connectivity index (χ0v) is 12.9. The van der Waals surface area contributed by atoms with Crippen LogP contribution in [0.25, 0.3) is 0 Å². The molecule has 0 aromatic rings. The first-order valence-corrected chi connectivity index (χ1v) is 8.24. The summed E-state index contributed by atoms with van der Waals surface area (Å²) in [6.45, 7) is 9.40. The molecule has 0 heteroatoms. The fourth-order valence-corrected chi connectivity index (χ4v) is 2.61. The smallest absolute Gasteiger partial charge is 0.0414 e. The van der Waals surface area contributed by atoms with Gasteiger partial charge >= 0.3 is 0 Å². The van der Waals surface area contributed by atoms with Crippen LogP contribution < -0.4 is 0 Å². The molecular formula is C17H36. The highest BCUT2D eigenvalue weighted by molar-refractivity contribution is 4.62. The SMILES string of the molecule is CCCCCCCCCC(CC)CC(C)CC. The van der Waals surface area contributed by atoms with Crippen LogP contribution in [-0.2, 0) is 0 Å². The summed E-state index contributed by atoms with van der Waals surface area (Å²) in [5.74, 6) is 1.94. The van der Waals surface area contributed by atoms with Gasteiger partial charge in [0.1, 0.15) is 0 Å². The van der Waals surface area contributed by atoms with E-state index >= 15 is 0 Å². The minimum Gasteiger partial charge on any atom is -0.0654 e. The fraction of sp³-hybridized carbons (Fsp3) is 1.00. The van der Waals surface area contributed by atoms with Crippen molar-refractivity contribution in [2.24, 2.45) is 11.8 Å². The Morgan fingerprint density at radius 1 is 0.706 bits per heavy atom. The van der Waals surface area contributed by atoms with Crippen molar-refractivity contribution in [1.29, 1.82) is 0 Å². The minimum atomic E-state index is 0.935. The molecule has 0 saturated carbocycles. The van der Waals surface area contributed by atoms with E-state index in [1.54, 1.807) is 0 Å². The second-order valence-electron chi connectivity index (χ2n) is 5.93. The molecule has 0 aliphatic rings. The molecule has 0 amide bonds. The van der Waals surface area contributed by atoms with E-state index in [1.807, 2.05) is 0 Å². The van der Waals surface area contributed by atoms with Crippen LogP contribution in [0, 0.1) is 11.8 Å². The molecule has 0 heterocycles. The van der Waals surface area contributed by atoms with Crippen molar-refractivity contribution in [1.82, 2.24) is 0 Å². The molecule has 0 aliphatic heterocycles. The van der Waals surface area contributed by atoms with Gasteiger partial charge in [-0.3, -0.25) is 0 Å². The van der Waals surface area contributed by atoms with E-state index in [2.05, 4.69) is 27.7 Å². The highest BCUT2D eigenvalue weighted by Gasteiger charge is 2.09. The molecule has 0 fully saturated rings. The van der Waals surface area contributed by atoms with E-state index in [4.69, 9.17) is 0 Å². The number of unbranched alkanes of at least 4 members (excludes halogenated alkanes) is 6. The summed E-state index contributed by atoms with van der Waals surface area (Å²) in [5, 5.41) is 0. The molecule has 0 bridgehead atoms. The van der Waals surface area contributed by atoms with Crippen LogP contribution in [-0.4, -0.2) is 0 Å². The fourth-order valence-electron chi connectivity index (χ4n) is 2.61. The molecule has 0 radical (unpaired) electrons. The van der Waals surface area contributed by atoms with Gasteiger partial charge in [-0.05, 0) is 18.3 Å². The maximum Gasteiger partial charge on any atom is -0.0414 e. The summed E-state index contributed by atoms with van der Waals surface area (Å²) in [7, 11) is 0. The Morgan fingerprint density at radius 3 is 1.82 bits per heavy atom. The summed E-state index contributed by atoms with van der Waals surface area (Å²) in [6, 6.07) is 0. The minimum absolute atomic E-state index is 0.935. The predicted octanol–water partition coefficient (Wildman–Crippen LogP) is 6.59. The van der Waals surface area contributed by atoms with Gasteiger partial charge in [0.2, 0.25) is 0 Å². The zero-order chi connectivity index (χ0) is 12.9. The van der Waals surface area contributed by atoms with Crippen LogP contribution in [0.3, 0.4) is 0 Å². The average molecular weight is 240 g/mol. The zero-order valence-electron chi connectivity index (χ0n) is 12.9. The van der Waals surface area contributed by atoms with E-state index in [0.29, 0.717) is 0 Å². The number of rotatable bonds is 12. The van der Waals surface area contributed by atoms with Gasteiger partial charge in [0.15, 0.2) is 0 Å². The molecule has 0 aromatic carbocycles. The van der Waals surface area contributed by atoms with Crippen LogP contribution in [0.1, 0.15) is 98.3 Å². The first kappa shape index (κ1) is 17.0. The number of hydrogen-bond acceptors (Lipinski definition) is 0. The van der Waals surface area contributed by atoms with Crippen molar-refractivity contribution >= 4 is 0 Å². The Labute approximate surface area is 111 Å². The van der Waals surface area contributed by atoms with Crippen LogP contribution in [0.15, 0.2) is 0 Å². The molecule has 0 aromatic heterocycles. The van der Waals surface area contributed by atoms with Gasteiger partial charge < -0.3 is 0 Å². The van der Waals surface area contributed by atoms with Crippen molar-refractivity contribution in [3.8, 4) is 0 Å². The van der Waals surface area contributed by atoms with Crippen molar-refractivity contribution in [3.63, 3.8) is 0 Å². The Balaban J connectivity index is 3.37. The molecule has 0 rings (SSSR count). The van der Waals surface area contributed by atoms with E-state index in [-0.39, 0.29) is 0 Å². The van der Waals surface area contributed by atoms with E-state index in [9.17, 15) is 0 Å². The summed E-state index contributed by atoms with van der Waals surface area (Å²) in [5.41, 5.74) is 0. The molecule has 104 valence electrons. The van der Waals surface area contributed by atoms with Gasteiger partial charge in [0.05, 0.1) is 0 Å². The van der Waals surface area contributed by atoms with Gasteiger partial charge in [-0.1, -0.05) is 91.9 Å². The molecule has 0 spiro atoms. The van der Waals surface area contributed by atoms with Crippen LogP contribution in [0.2, 0.25) is 0 Å². The molecule has 0 aliphatic carbocycles. The van der Waals surface area contributed by atoms with Gasteiger partial charge in [-0.25, -0.2) is 0 Å². The Morgan fingerprint density at radius 2 is 1.29 bits per heavy atom. The topological polar surface area (TPSA) is 0 Å². The second kappa shape index (κ2) is 12.5. The van der Waals surface area contributed by atoms with Gasteiger partial charge in [0.25, 0.3) is 0 Å². The molecule has 0 saturated heterocycles. The summed E-state index contributed by atoms with van der Waals surface area (Å²) >= 11 is 0. The third-order valence-corrected chi connectivity index (χ3v) is 4.23. The molecule has 17 heavy (non-hydrogen) atoms. The van der Waals surface area contributed by atoms with Crippen LogP contribution in [0.4, 0.5) is 0 Å². The van der Waals surface area contributed by atoms with Crippen LogP contribution >= 0.6 is 0 Å². The van der Waals surface area contributed by atoms with Crippen molar-refractivity contribution < 1.29 is 0 Å². The van der Waals surface area contributed by atoms with E-state index in [1.165, 1.54) is 70.6 Å². The maximum absolute atomic E-state index is 2.41. The first-order valence-electron chi connectivity index (χ1n) is 8.24. The lowest BCUT2D eigenvalue weighted by Gasteiger charge is -2.18. The quantitative estimate of drug-likeness (QED) is 0.338. The third-order valence-electron chi connectivity index (χ3n) is 4.23. The van der Waals surface area contributed by atoms with Crippen molar-refractivity contribution in [3.05, 3.63) is 0 Å². The standard InChI is InChI=1S/C17H36/c1-5-8-9-10-11-12-13-14-17(7-3)15-16(4)6-2/h16-17H,5-15H2,1-4H3. The molecule has 0 N–H and O–H groups in total. The second-order valence-corrected chi connectivity index (χ2v) is 5.93. The largest absolute Gasteiger partial charge is 0.0654 e. The molecule has 2 atom stereocenters. The summed E-state index contributed by atoms with van der Waals surface area (Å²) in [4.78, 5) is 0. The lowest BCUT2D eigenvalue weighted by molar-refractivity contribution is 0.342. The number of hydrogen-bond donors (Lipinski definition) is 0. The van der Waals surface area contributed by atoms with Gasteiger partial charge in [0, 0.05) is 0 Å². The van der Waals surface area contributed by atoms with E-state index in [0.717, 1.165) is 11.8 Å². The monoisotopic (exact) mass is 240 g/mol. The average Bonchev–Trinajstić information content (AvgIpc) is 2.35. The normalized spacial score (nSPS) is 14.8. The highest BCUT2D eigenvalue weighted by Crippen LogP contribution is 2.23. The van der Waals surface area contributed by atoms with Crippen molar-refractivity contribution in [2.75, 3.05) is 0 Å². The molecular weight excluding hydrogens is 204 g/mol. The van der Waals surface area contributed by atoms with Gasteiger partial charge in [-0.2, -0.15) is 0 Å². The van der Waals surface area contributed by atoms with Crippen LogP contribution in [0.5, 0.6) is 0 Å². The van der Waals surface area contributed by atoms with Crippen molar-refractivity contribution in [2.45, 2.75) is 98.3 Å². The Hall–Kier alpha value is 0. The lowest BCUT2D eigenvalue weighted by Crippen LogP contribution is -2.05. The first-order chi connectivity index (χ1) is 8.24. The summed E-state index contributed by atoms with van der Waals surface area (Å²) < 4.78 is 0. The molecule has 2 unspecified atom stereocenters. The Kier molecular flexibility index (Phi) is 12.5. The van der Waals surface area contributed by atoms with Gasteiger partial charge in [-0.15, -0.1) is 0 Å².